The minimum absolute atomic E-state index is 0.396. The Kier molecular flexibility index (Phi) is 9.09. The summed E-state index contributed by atoms with van der Waals surface area (Å²) in [4.78, 5) is 6.12. The van der Waals surface area contributed by atoms with E-state index < -0.39 is 11.9 Å². The summed E-state index contributed by atoms with van der Waals surface area (Å²) in [6, 6.07) is 2.83. The van der Waals surface area contributed by atoms with Crippen LogP contribution >= 0.6 is 0 Å². The largest absolute Gasteiger partial charge is 0.387 e. The van der Waals surface area contributed by atoms with Crippen molar-refractivity contribution in [2.75, 3.05) is 47.1 Å². The minimum atomic E-state index is -0.682. The van der Waals surface area contributed by atoms with Gasteiger partial charge in [0.05, 0.1) is 24.6 Å². The van der Waals surface area contributed by atoms with Crippen LogP contribution in [0.4, 0.5) is 4.39 Å². The van der Waals surface area contributed by atoms with Gasteiger partial charge in [0.2, 0.25) is 0 Å². The number of hydrogen-bond acceptors (Lipinski definition) is 5. The van der Waals surface area contributed by atoms with E-state index in [9.17, 15) is 9.50 Å². The maximum Gasteiger partial charge on any atom is 0.141 e. The summed E-state index contributed by atoms with van der Waals surface area (Å²) in [7, 11) is 3.36. The molecule has 0 spiro atoms. The molecule has 0 saturated heterocycles. The molecule has 0 aliphatic heterocycles. The lowest BCUT2D eigenvalue weighted by atomic mass is 10.1. The summed E-state index contributed by atoms with van der Waals surface area (Å²) < 4.78 is 22.9. The normalized spacial score (nSPS) is 12.8. The molecule has 5 nitrogen and oxygen atoms in total. The highest BCUT2D eigenvalue weighted by Crippen LogP contribution is 2.14. The van der Waals surface area contributed by atoms with Gasteiger partial charge in [-0.05, 0) is 25.0 Å². The smallest absolute Gasteiger partial charge is 0.141 e. The van der Waals surface area contributed by atoms with Crippen LogP contribution in [0.3, 0.4) is 0 Å². The molecule has 21 heavy (non-hydrogen) atoms. The standard InChI is InChI=1S/C15H25FN2O3/c1-20-10-3-7-18(9-11-21-2)8-6-15(19)14-5-4-13(16)12-17-14/h4-5,12,15,19H,3,6-11H2,1-2H3. The highest BCUT2D eigenvalue weighted by molar-refractivity contribution is 5.07. The summed E-state index contributed by atoms with van der Waals surface area (Å²) in [6.45, 7) is 3.79. The number of aliphatic hydroxyl groups excluding tert-OH is 1. The number of pyridine rings is 1. The van der Waals surface area contributed by atoms with E-state index in [-0.39, 0.29) is 0 Å². The molecule has 1 unspecified atom stereocenters. The van der Waals surface area contributed by atoms with Gasteiger partial charge in [0, 0.05) is 40.5 Å². The van der Waals surface area contributed by atoms with Gasteiger partial charge in [0.15, 0.2) is 0 Å². The van der Waals surface area contributed by atoms with Crippen molar-refractivity contribution < 1.29 is 19.0 Å². The van der Waals surface area contributed by atoms with Gasteiger partial charge in [-0.15, -0.1) is 0 Å². The third-order valence-corrected chi connectivity index (χ3v) is 3.24. The number of ether oxygens (including phenoxy) is 2. The van der Waals surface area contributed by atoms with E-state index >= 15 is 0 Å². The molecule has 0 fully saturated rings. The van der Waals surface area contributed by atoms with Gasteiger partial charge < -0.3 is 19.5 Å². The van der Waals surface area contributed by atoms with Crippen LogP contribution in [0.15, 0.2) is 18.3 Å². The molecule has 1 aromatic rings. The fourth-order valence-electron chi connectivity index (χ4n) is 2.03. The van der Waals surface area contributed by atoms with Gasteiger partial charge in [-0.25, -0.2) is 4.39 Å². The number of halogens is 1. The molecule has 120 valence electrons. The average Bonchev–Trinajstić information content (AvgIpc) is 2.50. The highest BCUT2D eigenvalue weighted by Gasteiger charge is 2.12. The second kappa shape index (κ2) is 10.6. The Hall–Kier alpha value is -1.08. The van der Waals surface area contributed by atoms with Crippen molar-refractivity contribution in [3.05, 3.63) is 29.8 Å². The van der Waals surface area contributed by atoms with E-state index in [0.717, 1.165) is 32.3 Å². The molecule has 0 radical (unpaired) electrons. The summed E-state index contributed by atoms with van der Waals surface area (Å²) >= 11 is 0. The van der Waals surface area contributed by atoms with E-state index in [1.165, 1.54) is 12.1 Å². The predicted octanol–water partition coefficient (Wildman–Crippen LogP) is 1.63. The molecule has 0 bridgehead atoms. The molecule has 0 aromatic carbocycles. The quantitative estimate of drug-likeness (QED) is 0.630. The molecular formula is C15H25FN2O3. The number of nitrogens with zero attached hydrogens (tertiary/aromatic N) is 2. The van der Waals surface area contributed by atoms with Crippen LogP contribution in [-0.2, 0) is 9.47 Å². The number of hydrogen-bond donors (Lipinski definition) is 1. The molecule has 1 heterocycles. The Morgan fingerprint density at radius 1 is 1.19 bits per heavy atom. The minimum Gasteiger partial charge on any atom is -0.387 e. The van der Waals surface area contributed by atoms with Gasteiger partial charge in [-0.2, -0.15) is 0 Å². The first-order chi connectivity index (χ1) is 10.2. The molecule has 1 N–H and O–H groups in total. The molecule has 0 amide bonds. The topological polar surface area (TPSA) is 54.8 Å². The molecule has 1 aromatic heterocycles. The zero-order valence-corrected chi connectivity index (χ0v) is 12.8. The Morgan fingerprint density at radius 3 is 2.57 bits per heavy atom. The Bertz CT molecular complexity index is 376. The maximum absolute atomic E-state index is 12.8. The van der Waals surface area contributed by atoms with Crippen molar-refractivity contribution in [2.24, 2.45) is 0 Å². The molecule has 0 aliphatic carbocycles. The van der Waals surface area contributed by atoms with Crippen LogP contribution in [-0.4, -0.2) is 62.1 Å². The van der Waals surface area contributed by atoms with Crippen LogP contribution in [0.25, 0.3) is 0 Å². The summed E-state index contributed by atoms with van der Waals surface area (Å²) in [5.74, 6) is -0.396. The molecule has 0 saturated carbocycles. The van der Waals surface area contributed by atoms with E-state index in [4.69, 9.17) is 9.47 Å². The molecule has 1 rings (SSSR count). The van der Waals surface area contributed by atoms with Gasteiger partial charge in [-0.1, -0.05) is 0 Å². The second-order valence-corrected chi connectivity index (χ2v) is 4.89. The third kappa shape index (κ3) is 7.47. The van der Waals surface area contributed by atoms with Gasteiger partial charge in [-0.3, -0.25) is 4.98 Å². The van der Waals surface area contributed by atoms with Gasteiger partial charge >= 0.3 is 0 Å². The fraction of sp³-hybridized carbons (Fsp3) is 0.667. The molecular weight excluding hydrogens is 275 g/mol. The number of aliphatic hydroxyl groups is 1. The van der Waals surface area contributed by atoms with Gasteiger partial charge in [0.25, 0.3) is 0 Å². The Labute approximate surface area is 125 Å². The van der Waals surface area contributed by atoms with E-state index in [2.05, 4.69) is 9.88 Å². The first-order valence-electron chi connectivity index (χ1n) is 7.17. The van der Waals surface area contributed by atoms with Crippen molar-refractivity contribution in [2.45, 2.75) is 18.9 Å². The number of rotatable bonds is 11. The third-order valence-electron chi connectivity index (χ3n) is 3.24. The van der Waals surface area contributed by atoms with Crippen molar-refractivity contribution >= 4 is 0 Å². The van der Waals surface area contributed by atoms with Crippen LogP contribution in [0.1, 0.15) is 24.6 Å². The van der Waals surface area contributed by atoms with Crippen molar-refractivity contribution in [3.8, 4) is 0 Å². The van der Waals surface area contributed by atoms with Crippen molar-refractivity contribution in [1.29, 1.82) is 0 Å². The maximum atomic E-state index is 12.8. The zero-order chi connectivity index (χ0) is 15.5. The molecule has 0 aliphatic rings. The Morgan fingerprint density at radius 2 is 1.95 bits per heavy atom. The summed E-state index contributed by atoms with van der Waals surface area (Å²) in [5.41, 5.74) is 0.500. The first kappa shape index (κ1) is 18.0. The molecule has 1 atom stereocenters. The van der Waals surface area contributed by atoms with Crippen LogP contribution in [0.5, 0.6) is 0 Å². The number of aromatic nitrogens is 1. The van der Waals surface area contributed by atoms with E-state index in [1.807, 2.05) is 0 Å². The monoisotopic (exact) mass is 300 g/mol. The predicted molar refractivity (Wildman–Crippen MR) is 78.6 cm³/mol. The van der Waals surface area contributed by atoms with E-state index in [1.54, 1.807) is 14.2 Å². The average molecular weight is 300 g/mol. The lowest BCUT2D eigenvalue weighted by Gasteiger charge is -2.23. The SMILES string of the molecule is COCCCN(CCOC)CCC(O)c1ccc(F)cn1. The summed E-state index contributed by atoms with van der Waals surface area (Å²) in [6.07, 6.45) is 1.93. The van der Waals surface area contributed by atoms with Gasteiger partial charge in [0.1, 0.15) is 5.82 Å². The number of methoxy groups -OCH3 is 2. The van der Waals surface area contributed by atoms with E-state index in [0.29, 0.717) is 25.3 Å². The first-order valence-corrected chi connectivity index (χ1v) is 7.17. The van der Waals surface area contributed by atoms with Crippen LogP contribution in [0, 0.1) is 5.82 Å². The van der Waals surface area contributed by atoms with Crippen molar-refractivity contribution in [3.63, 3.8) is 0 Å². The summed E-state index contributed by atoms with van der Waals surface area (Å²) in [5, 5.41) is 10.1. The fourth-order valence-corrected chi connectivity index (χ4v) is 2.03. The second-order valence-electron chi connectivity index (χ2n) is 4.89. The Balaban J connectivity index is 2.40. The lowest BCUT2D eigenvalue weighted by molar-refractivity contribution is 0.107. The van der Waals surface area contributed by atoms with Crippen LogP contribution in [0.2, 0.25) is 0 Å². The zero-order valence-electron chi connectivity index (χ0n) is 12.8. The van der Waals surface area contributed by atoms with Crippen LogP contribution < -0.4 is 0 Å². The molecule has 6 heteroatoms. The lowest BCUT2D eigenvalue weighted by Crippen LogP contribution is -2.31. The van der Waals surface area contributed by atoms with Crippen molar-refractivity contribution in [1.82, 2.24) is 9.88 Å². The highest BCUT2D eigenvalue weighted by atomic mass is 19.1.